The Morgan fingerprint density at radius 3 is 1.62 bits per heavy atom. The van der Waals surface area contributed by atoms with Crippen molar-refractivity contribution in [1.29, 1.82) is 0 Å². The van der Waals surface area contributed by atoms with E-state index in [9.17, 15) is 5.11 Å². The summed E-state index contributed by atoms with van der Waals surface area (Å²) in [5, 5.41) is 9.38. The molecule has 3 N–H and O–H groups in total. The molecule has 0 bridgehead atoms. The zero-order chi connectivity index (χ0) is 18.2. The fraction of sp³-hybridized carbons (Fsp3) is 0.182. The molecule has 0 saturated heterocycles. The van der Waals surface area contributed by atoms with Crippen LogP contribution in [-0.4, -0.2) is 11.7 Å². The molecular formula is C22H23NO3. The van der Waals surface area contributed by atoms with Gasteiger partial charge in [0, 0.05) is 6.07 Å². The number of ether oxygens (including phenoxy) is 2. The quantitative estimate of drug-likeness (QED) is 0.648. The molecule has 3 aromatic rings. The highest BCUT2D eigenvalue weighted by Gasteiger charge is 2.10. The Bertz CT molecular complexity index is 744. The van der Waals surface area contributed by atoms with E-state index in [4.69, 9.17) is 15.2 Å². The van der Waals surface area contributed by atoms with Gasteiger partial charge in [-0.1, -0.05) is 60.7 Å². The van der Waals surface area contributed by atoms with E-state index >= 15 is 0 Å². The lowest BCUT2D eigenvalue weighted by Crippen LogP contribution is -2.14. The highest BCUT2D eigenvalue weighted by Crippen LogP contribution is 2.27. The van der Waals surface area contributed by atoms with E-state index in [2.05, 4.69) is 0 Å². The van der Waals surface area contributed by atoms with E-state index in [1.807, 2.05) is 78.9 Å². The summed E-state index contributed by atoms with van der Waals surface area (Å²) >= 11 is 0. The van der Waals surface area contributed by atoms with E-state index in [0.29, 0.717) is 24.7 Å². The highest BCUT2D eigenvalue weighted by molar-refractivity contribution is 5.40. The summed E-state index contributed by atoms with van der Waals surface area (Å²) < 4.78 is 11.8. The van der Waals surface area contributed by atoms with Gasteiger partial charge in [0.1, 0.15) is 24.7 Å². The van der Waals surface area contributed by atoms with E-state index in [0.717, 1.165) is 16.7 Å². The fourth-order valence-electron chi connectivity index (χ4n) is 2.56. The Morgan fingerprint density at radius 2 is 1.19 bits per heavy atom. The Balaban J connectivity index is 1.74. The zero-order valence-corrected chi connectivity index (χ0v) is 14.5. The van der Waals surface area contributed by atoms with Crippen LogP contribution < -0.4 is 15.2 Å². The van der Waals surface area contributed by atoms with Crippen LogP contribution in [0.3, 0.4) is 0 Å². The molecule has 4 nitrogen and oxygen atoms in total. The first-order chi connectivity index (χ1) is 12.7. The lowest BCUT2D eigenvalue weighted by Gasteiger charge is -2.15. The van der Waals surface area contributed by atoms with Crippen molar-refractivity contribution in [2.24, 2.45) is 5.73 Å². The van der Waals surface area contributed by atoms with Crippen LogP contribution in [0.1, 0.15) is 22.7 Å². The molecule has 0 spiro atoms. The SMILES string of the molecule is N[C@@H](CO)c1cc(OCc2ccccc2)cc(OCc2ccccc2)c1. The van der Waals surface area contributed by atoms with Crippen molar-refractivity contribution in [2.75, 3.05) is 6.61 Å². The van der Waals surface area contributed by atoms with Crippen LogP contribution in [0, 0.1) is 0 Å². The lowest BCUT2D eigenvalue weighted by molar-refractivity contribution is 0.264. The van der Waals surface area contributed by atoms with Gasteiger partial charge in [0.25, 0.3) is 0 Å². The topological polar surface area (TPSA) is 64.7 Å². The van der Waals surface area contributed by atoms with Gasteiger partial charge in [-0.3, -0.25) is 0 Å². The minimum Gasteiger partial charge on any atom is -0.489 e. The van der Waals surface area contributed by atoms with Crippen molar-refractivity contribution in [3.63, 3.8) is 0 Å². The molecule has 26 heavy (non-hydrogen) atoms. The van der Waals surface area contributed by atoms with E-state index in [1.165, 1.54) is 0 Å². The van der Waals surface area contributed by atoms with Crippen LogP contribution in [-0.2, 0) is 13.2 Å². The van der Waals surface area contributed by atoms with Gasteiger partial charge in [-0.2, -0.15) is 0 Å². The molecule has 0 aliphatic carbocycles. The molecule has 0 aliphatic heterocycles. The molecule has 3 rings (SSSR count). The van der Waals surface area contributed by atoms with Gasteiger partial charge in [-0.25, -0.2) is 0 Å². The Morgan fingerprint density at radius 1 is 0.731 bits per heavy atom. The molecule has 0 amide bonds. The van der Waals surface area contributed by atoms with Crippen molar-refractivity contribution in [1.82, 2.24) is 0 Å². The second-order valence-electron chi connectivity index (χ2n) is 6.08. The third-order valence-electron chi connectivity index (χ3n) is 4.02. The van der Waals surface area contributed by atoms with Crippen molar-refractivity contribution in [3.05, 3.63) is 95.6 Å². The predicted octanol–water partition coefficient (Wildman–Crippen LogP) is 3.84. The molecule has 0 fully saturated rings. The number of aliphatic hydroxyl groups excluding tert-OH is 1. The summed E-state index contributed by atoms with van der Waals surface area (Å²) in [4.78, 5) is 0. The van der Waals surface area contributed by atoms with Crippen LogP contribution in [0.4, 0.5) is 0 Å². The third kappa shape index (κ3) is 5.09. The molecule has 4 heteroatoms. The molecule has 0 saturated carbocycles. The summed E-state index contributed by atoms with van der Waals surface area (Å²) in [6, 6.07) is 25.0. The summed E-state index contributed by atoms with van der Waals surface area (Å²) in [5.74, 6) is 1.33. The summed E-state index contributed by atoms with van der Waals surface area (Å²) in [6.45, 7) is 0.772. The number of nitrogens with two attached hydrogens (primary N) is 1. The minimum atomic E-state index is -0.477. The van der Waals surface area contributed by atoms with Gasteiger partial charge in [0.2, 0.25) is 0 Å². The van der Waals surface area contributed by atoms with Gasteiger partial charge < -0.3 is 20.3 Å². The predicted molar refractivity (Wildman–Crippen MR) is 102 cm³/mol. The Kier molecular flexibility index (Phi) is 6.25. The van der Waals surface area contributed by atoms with Crippen molar-refractivity contribution < 1.29 is 14.6 Å². The van der Waals surface area contributed by atoms with Crippen LogP contribution in [0.15, 0.2) is 78.9 Å². The monoisotopic (exact) mass is 349 g/mol. The first kappa shape index (κ1) is 18.0. The molecular weight excluding hydrogens is 326 g/mol. The third-order valence-corrected chi connectivity index (χ3v) is 4.02. The largest absolute Gasteiger partial charge is 0.489 e. The van der Waals surface area contributed by atoms with E-state index < -0.39 is 6.04 Å². The number of benzene rings is 3. The molecule has 0 aromatic heterocycles. The fourth-order valence-corrected chi connectivity index (χ4v) is 2.56. The smallest absolute Gasteiger partial charge is 0.123 e. The first-order valence-electron chi connectivity index (χ1n) is 8.59. The minimum absolute atomic E-state index is 0.139. The molecule has 0 aliphatic rings. The Hall–Kier alpha value is -2.82. The molecule has 1 atom stereocenters. The summed E-state index contributed by atoms with van der Waals surface area (Å²) in [7, 11) is 0. The second-order valence-corrected chi connectivity index (χ2v) is 6.08. The molecule has 134 valence electrons. The van der Waals surface area contributed by atoms with Crippen molar-refractivity contribution >= 4 is 0 Å². The number of aliphatic hydroxyl groups is 1. The van der Waals surface area contributed by atoms with Crippen LogP contribution in [0.2, 0.25) is 0 Å². The lowest BCUT2D eigenvalue weighted by atomic mass is 10.1. The maximum atomic E-state index is 9.38. The number of rotatable bonds is 8. The van der Waals surface area contributed by atoms with Gasteiger partial charge in [-0.05, 0) is 28.8 Å². The normalized spacial score (nSPS) is 11.8. The Labute approximate surface area is 153 Å². The van der Waals surface area contributed by atoms with Crippen LogP contribution in [0.25, 0.3) is 0 Å². The van der Waals surface area contributed by atoms with E-state index in [1.54, 1.807) is 0 Å². The van der Waals surface area contributed by atoms with Gasteiger partial charge in [-0.15, -0.1) is 0 Å². The summed E-state index contributed by atoms with van der Waals surface area (Å²) in [6.07, 6.45) is 0. The molecule has 3 aromatic carbocycles. The van der Waals surface area contributed by atoms with Crippen molar-refractivity contribution in [2.45, 2.75) is 19.3 Å². The van der Waals surface area contributed by atoms with Gasteiger partial charge in [0.05, 0.1) is 12.6 Å². The number of hydrogen-bond acceptors (Lipinski definition) is 4. The average Bonchev–Trinajstić information content (AvgIpc) is 2.71. The van der Waals surface area contributed by atoms with Crippen LogP contribution in [0.5, 0.6) is 11.5 Å². The maximum absolute atomic E-state index is 9.38. The van der Waals surface area contributed by atoms with Gasteiger partial charge >= 0.3 is 0 Å². The highest BCUT2D eigenvalue weighted by atomic mass is 16.5. The van der Waals surface area contributed by atoms with Crippen molar-refractivity contribution in [3.8, 4) is 11.5 Å². The first-order valence-corrected chi connectivity index (χ1v) is 8.59. The van der Waals surface area contributed by atoms with Crippen LogP contribution >= 0.6 is 0 Å². The molecule has 0 heterocycles. The average molecular weight is 349 g/mol. The number of hydrogen-bond donors (Lipinski definition) is 2. The van der Waals surface area contributed by atoms with Gasteiger partial charge in [0.15, 0.2) is 0 Å². The maximum Gasteiger partial charge on any atom is 0.123 e. The summed E-state index contributed by atoms with van der Waals surface area (Å²) in [5.41, 5.74) is 8.92. The van der Waals surface area contributed by atoms with E-state index in [-0.39, 0.29) is 6.61 Å². The zero-order valence-electron chi connectivity index (χ0n) is 14.5. The standard InChI is InChI=1S/C22H23NO3/c23-22(14-24)19-11-20(25-15-17-7-3-1-4-8-17)13-21(12-19)26-16-18-9-5-2-6-10-18/h1-13,22,24H,14-16,23H2/t22-/m0/s1. The molecule has 0 radical (unpaired) electrons. The second kappa shape index (κ2) is 9.04. The molecule has 0 unspecified atom stereocenters.